The monoisotopic (exact) mass is 245 g/mol. The quantitative estimate of drug-likeness (QED) is 0.804. The number of nitrogens with zero attached hydrogens (tertiary/aromatic N) is 1. The van der Waals surface area contributed by atoms with Crippen molar-refractivity contribution in [3.63, 3.8) is 0 Å². The Morgan fingerprint density at radius 1 is 1.53 bits per heavy atom. The molecule has 1 aromatic carbocycles. The van der Waals surface area contributed by atoms with E-state index < -0.39 is 9.05 Å². The van der Waals surface area contributed by atoms with Crippen LogP contribution in [-0.4, -0.2) is 13.5 Å². The Kier molecular flexibility index (Phi) is 3.22. The van der Waals surface area contributed by atoms with Crippen LogP contribution in [0.1, 0.15) is 16.7 Å². The molecule has 0 bridgehead atoms. The minimum Gasteiger partial charge on any atom is -0.506 e. The maximum Gasteiger partial charge on any atom is 0.236 e. The number of hydrogen-bond donors (Lipinski definition) is 1. The molecular formula is C9H8ClNO3S. The summed E-state index contributed by atoms with van der Waals surface area (Å²) in [5.41, 5.74) is 0.881. The summed E-state index contributed by atoms with van der Waals surface area (Å²) in [6.07, 6.45) is 0. The van der Waals surface area contributed by atoms with E-state index in [-0.39, 0.29) is 17.1 Å². The van der Waals surface area contributed by atoms with Crippen molar-refractivity contribution in [2.75, 3.05) is 0 Å². The first-order chi connectivity index (χ1) is 6.83. The van der Waals surface area contributed by atoms with Gasteiger partial charge in [-0.3, -0.25) is 0 Å². The van der Waals surface area contributed by atoms with Gasteiger partial charge in [-0.25, -0.2) is 8.42 Å². The Hall–Kier alpha value is -1.25. The SMILES string of the molecule is Cc1cc(CS(=O)(=O)Cl)cc(C#N)c1O. The predicted molar refractivity (Wildman–Crippen MR) is 56.0 cm³/mol. The smallest absolute Gasteiger partial charge is 0.236 e. The molecule has 0 atom stereocenters. The molecule has 6 heteroatoms. The van der Waals surface area contributed by atoms with Gasteiger partial charge < -0.3 is 5.11 Å². The molecule has 15 heavy (non-hydrogen) atoms. The second kappa shape index (κ2) is 4.09. The lowest BCUT2D eigenvalue weighted by Gasteiger charge is -2.04. The number of halogens is 1. The van der Waals surface area contributed by atoms with Crippen LogP contribution in [0.2, 0.25) is 0 Å². The molecule has 1 aromatic rings. The van der Waals surface area contributed by atoms with E-state index in [0.717, 1.165) is 0 Å². The van der Waals surface area contributed by atoms with E-state index in [9.17, 15) is 13.5 Å². The lowest BCUT2D eigenvalue weighted by molar-refractivity contribution is 0.469. The topological polar surface area (TPSA) is 78.2 Å². The van der Waals surface area contributed by atoms with Crippen LogP contribution >= 0.6 is 10.7 Å². The van der Waals surface area contributed by atoms with Gasteiger partial charge in [-0.2, -0.15) is 5.26 Å². The van der Waals surface area contributed by atoms with Gasteiger partial charge in [0.1, 0.15) is 11.8 Å². The average molecular weight is 246 g/mol. The molecule has 0 radical (unpaired) electrons. The molecule has 0 saturated carbocycles. The largest absolute Gasteiger partial charge is 0.506 e. The van der Waals surface area contributed by atoms with Gasteiger partial charge in [0, 0.05) is 10.7 Å². The summed E-state index contributed by atoms with van der Waals surface area (Å²) in [6.45, 7) is 1.58. The molecule has 4 nitrogen and oxygen atoms in total. The summed E-state index contributed by atoms with van der Waals surface area (Å²) in [4.78, 5) is 0. The molecule has 0 heterocycles. The van der Waals surface area contributed by atoms with E-state index in [4.69, 9.17) is 15.9 Å². The van der Waals surface area contributed by atoms with Crippen molar-refractivity contribution in [3.05, 3.63) is 28.8 Å². The molecule has 0 aromatic heterocycles. The number of aromatic hydroxyl groups is 1. The normalized spacial score (nSPS) is 11.0. The van der Waals surface area contributed by atoms with E-state index in [1.807, 2.05) is 0 Å². The number of aryl methyl sites for hydroxylation is 1. The highest BCUT2D eigenvalue weighted by Crippen LogP contribution is 2.24. The summed E-state index contributed by atoms with van der Waals surface area (Å²) in [5.74, 6) is -0.488. The van der Waals surface area contributed by atoms with Crippen LogP contribution in [-0.2, 0) is 14.8 Å². The Morgan fingerprint density at radius 2 is 2.13 bits per heavy atom. The van der Waals surface area contributed by atoms with E-state index >= 15 is 0 Å². The minimum atomic E-state index is -3.65. The lowest BCUT2D eigenvalue weighted by atomic mass is 10.1. The molecular weight excluding hydrogens is 238 g/mol. The Morgan fingerprint density at radius 3 is 2.60 bits per heavy atom. The first kappa shape index (κ1) is 11.8. The molecule has 1 N–H and O–H groups in total. The number of hydrogen-bond acceptors (Lipinski definition) is 4. The van der Waals surface area contributed by atoms with Crippen molar-refractivity contribution in [1.82, 2.24) is 0 Å². The number of benzene rings is 1. The fourth-order valence-electron chi connectivity index (χ4n) is 1.22. The summed E-state index contributed by atoms with van der Waals surface area (Å²) >= 11 is 0. The second-order valence-corrected chi connectivity index (χ2v) is 5.88. The van der Waals surface area contributed by atoms with Crippen molar-refractivity contribution < 1.29 is 13.5 Å². The third kappa shape index (κ3) is 3.11. The molecule has 0 aliphatic rings. The Bertz CT molecular complexity index is 531. The van der Waals surface area contributed by atoms with Crippen LogP contribution in [0.15, 0.2) is 12.1 Å². The van der Waals surface area contributed by atoms with Crippen LogP contribution in [0.25, 0.3) is 0 Å². The molecule has 0 aliphatic heterocycles. The van der Waals surface area contributed by atoms with Crippen LogP contribution in [0, 0.1) is 18.3 Å². The Balaban J connectivity index is 3.25. The maximum absolute atomic E-state index is 10.8. The molecule has 0 saturated heterocycles. The first-order valence-corrected chi connectivity index (χ1v) is 6.46. The lowest BCUT2D eigenvalue weighted by Crippen LogP contribution is -1.96. The highest BCUT2D eigenvalue weighted by Gasteiger charge is 2.11. The van der Waals surface area contributed by atoms with Crippen molar-refractivity contribution >= 4 is 19.7 Å². The zero-order chi connectivity index (χ0) is 11.6. The van der Waals surface area contributed by atoms with Crippen LogP contribution in [0.4, 0.5) is 0 Å². The number of nitriles is 1. The molecule has 80 valence electrons. The van der Waals surface area contributed by atoms with Crippen molar-refractivity contribution in [2.24, 2.45) is 0 Å². The first-order valence-electron chi connectivity index (χ1n) is 3.98. The van der Waals surface area contributed by atoms with Crippen LogP contribution in [0.3, 0.4) is 0 Å². The van der Waals surface area contributed by atoms with E-state index in [1.165, 1.54) is 12.1 Å². The Labute approximate surface area is 92.1 Å². The molecule has 0 spiro atoms. The predicted octanol–water partition coefficient (Wildman–Crippen LogP) is 1.64. The van der Waals surface area contributed by atoms with Gasteiger partial charge in [-0.05, 0) is 24.1 Å². The minimum absolute atomic E-state index is 0.0466. The summed E-state index contributed by atoms with van der Waals surface area (Å²) in [7, 11) is 1.43. The summed E-state index contributed by atoms with van der Waals surface area (Å²) in [6, 6.07) is 4.56. The summed E-state index contributed by atoms with van der Waals surface area (Å²) in [5, 5.41) is 18.1. The van der Waals surface area contributed by atoms with E-state index in [0.29, 0.717) is 11.1 Å². The van der Waals surface area contributed by atoms with Crippen molar-refractivity contribution in [3.8, 4) is 11.8 Å². The third-order valence-corrected chi connectivity index (χ3v) is 2.83. The fraction of sp³-hybridized carbons (Fsp3) is 0.222. The zero-order valence-electron chi connectivity index (χ0n) is 7.86. The van der Waals surface area contributed by atoms with Crippen LogP contribution < -0.4 is 0 Å². The fourth-order valence-corrected chi connectivity index (χ4v) is 2.16. The molecule has 0 aliphatic carbocycles. The number of phenols is 1. The molecule has 1 rings (SSSR count). The molecule has 0 unspecified atom stereocenters. The van der Waals surface area contributed by atoms with Gasteiger partial charge in [-0.1, -0.05) is 6.07 Å². The van der Waals surface area contributed by atoms with Crippen LogP contribution in [0.5, 0.6) is 5.75 Å². The summed E-state index contributed by atoms with van der Waals surface area (Å²) < 4.78 is 21.6. The van der Waals surface area contributed by atoms with Gasteiger partial charge in [0.25, 0.3) is 0 Å². The zero-order valence-corrected chi connectivity index (χ0v) is 9.43. The van der Waals surface area contributed by atoms with Gasteiger partial charge in [0.2, 0.25) is 9.05 Å². The second-order valence-electron chi connectivity index (χ2n) is 3.10. The standard InChI is InChI=1S/C9H8ClNO3S/c1-6-2-7(5-15(10,13)14)3-8(4-11)9(6)12/h2-3,12H,5H2,1H3. The van der Waals surface area contributed by atoms with Crippen molar-refractivity contribution in [1.29, 1.82) is 5.26 Å². The van der Waals surface area contributed by atoms with Gasteiger partial charge >= 0.3 is 0 Å². The van der Waals surface area contributed by atoms with E-state index in [1.54, 1.807) is 13.0 Å². The third-order valence-electron chi connectivity index (χ3n) is 1.82. The highest BCUT2D eigenvalue weighted by atomic mass is 35.7. The van der Waals surface area contributed by atoms with Gasteiger partial charge in [-0.15, -0.1) is 0 Å². The highest BCUT2D eigenvalue weighted by molar-refractivity contribution is 8.13. The maximum atomic E-state index is 10.8. The molecule has 0 fully saturated rings. The van der Waals surface area contributed by atoms with E-state index in [2.05, 4.69) is 0 Å². The number of rotatable bonds is 2. The molecule has 0 amide bonds. The van der Waals surface area contributed by atoms with Gasteiger partial charge in [0.05, 0.1) is 11.3 Å². The average Bonchev–Trinajstić information content (AvgIpc) is 2.08. The number of phenolic OH excluding ortho intramolecular Hbond substituents is 1. The van der Waals surface area contributed by atoms with Crippen molar-refractivity contribution in [2.45, 2.75) is 12.7 Å². The van der Waals surface area contributed by atoms with Gasteiger partial charge in [0.15, 0.2) is 0 Å².